The first kappa shape index (κ1) is 15.3. The topological polar surface area (TPSA) is 97.1 Å². The summed E-state index contributed by atoms with van der Waals surface area (Å²) in [5.74, 6) is 0. The predicted octanol–water partition coefficient (Wildman–Crippen LogP) is 1.74. The summed E-state index contributed by atoms with van der Waals surface area (Å²) in [5.41, 5.74) is 7.60. The number of nitrogens with zero attached hydrogens (tertiary/aromatic N) is 1. The van der Waals surface area contributed by atoms with Gasteiger partial charge < -0.3 is 11.1 Å². The van der Waals surface area contributed by atoms with Crippen LogP contribution in [0.4, 0.5) is 11.4 Å². The van der Waals surface area contributed by atoms with Crippen LogP contribution in [0.1, 0.15) is 18.5 Å². The summed E-state index contributed by atoms with van der Waals surface area (Å²) in [7, 11) is -2.21. The highest BCUT2D eigenvalue weighted by Gasteiger charge is 2.18. The Hall–Kier alpha value is -2.12. The van der Waals surface area contributed by atoms with Crippen molar-refractivity contribution in [2.45, 2.75) is 17.9 Å². The van der Waals surface area contributed by atoms with Crippen molar-refractivity contribution < 1.29 is 8.42 Å². The lowest BCUT2D eigenvalue weighted by atomic mass is 10.1. The Balaban J connectivity index is 2.37. The molecule has 0 aliphatic rings. The summed E-state index contributed by atoms with van der Waals surface area (Å²) in [6, 6.07) is 8.45. The third kappa shape index (κ3) is 3.50. The second-order valence-electron chi connectivity index (χ2n) is 4.61. The maximum absolute atomic E-state index is 12.1. The first-order valence-corrected chi connectivity index (χ1v) is 7.92. The molecule has 1 unspecified atom stereocenters. The first-order chi connectivity index (χ1) is 9.94. The predicted molar refractivity (Wildman–Crippen MR) is 83.4 cm³/mol. The normalized spacial score (nSPS) is 12.9. The Labute approximate surface area is 124 Å². The lowest BCUT2D eigenvalue weighted by Crippen LogP contribution is -2.21. The number of rotatable bonds is 5. The molecule has 112 valence electrons. The van der Waals surface area contributed by atoms with E-state index in [1.807, 2.05) is 19.1 Å². The number of hydrogen-bond donors (Lipinski definition) is 3. The van der Waals surface area contributed by atoms with Gasteiger partial charge in [0.2, 0.25) is 10.0 Å². The number of nitrogens with two attached hydrogens (primary N) is 1. The Bertz CT molecular complexity index is 717. The zero-order valence-corrected chi connectivity index (χ0v) is 12.7. The number of nitrogen functional groups attached to an aromatic ring is 1. The summed E-state index contributed by atoms with van der Waals surface area (Å²) in [6.45, 7) is 1.95. The fourth-order valence-corrected chi connectivity index (χ4v) is 2.89. The van der Waals surface area contributed by atoms with Gasteiger partial charge >= 0.3 is 0 Å². The second kappa shape index (κ2) is 6.11. The smallest absolute Gasteiger partial charge is 0.242 e. The fraction of sp³-hybridized carbons (Fsp3) is 0.214. The molecule has 0 radical (unpaired) electrons. The minimum absolute atomic E-state index is 0.0672. The zero-order chi connectivity index (χ0) is 15.5. The van der Waals surface area contributed by atoms with Crippen LogP contribution in [0.2, 0.25) is 0 Å². The molecule has 6 nitrogen and oxygen atoms in total. The third-order valence-electron chi connectivity index (χ3n) is 3.14. The van der Waals surface area contributed by atoms with Crippen LogP contribution in [-0.4, -0.2) is 20.4 Å². The van der Waals surface area contributed by atoms with E-state index in [2.05, 4.69) is 15.0 Å². The Morgan fingerprint density at radius 1 is 1.19 bits per heavy atom. The van der Waals surface area contributed by atoms with Gasteiger partial charge in [0.25, 0.3) is 0 Å². The number of nitrogens with one attached hydrogen (secondary N) is 2. The summed E-state index contributed by atoms with van der Waals surface area (Å²) < 4.78 is 26.5. The second-order valence-corrected chi connectivity index (χ2v) is 6.46. The van der Waals surface area contributed by atoms with Gasteiger partial charge in [0, 0.05) is 24.1 Å². The van der Waals surface area contributed by atoms with E-state index in [4.69, 9.17) is 5.73 Å². The molecule has 0 aliphatic heterocycles. The van der Waals surface area contributed by atoms with Crippen LogP contribution in [0.25, 0.3) is 0 Å². The molecular weight excluding hydrogens is 288 g/mol. The van der Waals surface area contributed by atoms with E-state index in [1.165, 1.54) is 13.1 Å². The molecule has 1 aromatic heterocycles. The first-order valence-electron chi connectivity index (χ1n) is 6.43. The van der Waals surface area contributed by atoms with Crippen LogP contribution in [0.5, 0.6) is 0 Å². The summed E-state index contributed by atoms with van der Waals surface area (Å²) in [4.78, 5) is 4.10. The molecule has 1 heterocycles. The van der Waals surface area contributed by atoms with Gasteiger partial charge in [-0.2, -0.15) is 0 Å². The van der Waals surface area contributed by atoms with Crippen LogP contribution >= 0.6 is 0 Å². The molecule has 2 aromatic rings. The van der Waals surface area contributed by atoms with Crippen molar-refractivity contribution in [3.05, 3.63) is 48.3 Å². The van der Waals surface area contributed by atoms with E-state index in [0.29, 0.717) is 11.4 Å². The van der Waals surface area contributed by atoms with Crippen molar-refractivity contribution in [1.82, 2.24) is 9.71 Å². The zero-order valence-electron chi connectivity index (χ0n) is 11.9. The molecule has 0 amide bonds. The number of pyridine rings is 1. The van der Waals surface area contributed by atoms with E-state index in [9.17, 15) is 8.42 Å². The fourth-order valence-electron chi connectivity index (χ4n) is 1.96. The molecule has 1 aromatic carbocycles. The number of hydrogen-bond acceptors (Lipinski definition) is 5. The number of sulfonamides is 1. The lowest BCUT2D eigenvalue weighted by Gasteiger charge is -2.18. The molecule has 4 N–H and O–H groups in total. The minimum Gasteiger partial charge on any atom is -0.399 e. The van der Waals surface area contributed by atoms with Crippen molar-refractivity contribution in [2.24, 2.45) is 0 Å². The van der Waals surface area contributed by atoms with Crippen LogP contribution < -0.4 is 15.8 Å². The van der Waals surface area contributed by atoms with Gasteiger partial charge in [0.1, 0.15) is 4.90 Å². The molecule has 1 atom stereocenters. The highest BCUT2D eigenvalue weighted by Crippen LogP contribution is 2.27. The summed E-state index contributed by atoms with van der Waals surface area (Å²) in [5, 5.41) is 3.19. The van der Waals surface area contributed by atoms with Gasteiger partial charge in [-0.25, -0.2) is 13.1 Å². The highest BCUT2D eigenvalue weighted by atomic mass is 32.2. The average Bonchev–Trinajstić information content (AvgIpc) is 2.49. The minimum atomic E-state index is -3.58. The Morgan fingerprint density at radius 2 is 1.86 bits per heavy atom. The largest absolute Gasteiger partial charge is 0.399 e. The van der Waals surface area contributed by atoms with Gasteiger partial charge in [-0.05, 0) is 49.9 Å². The summed E-state index contributed by atoms with van der Waals surface area (Å²) >= 11 is 0. The van der Waals surface area contributed by atoms with E-state index in [1.54, 1.807) is 24.5 Å². The highest BCUT2D eigenvalue weighted by molar-refractivity contribution is 7.89. The van der Waals surface area contributed by atoms with Gasteiger partial charge in [-0.1, -0.05) is 0 Å². The standard InChI is InChI=1S/C14H18N4O2S/c1-10(11-5-7-17-8-6-11)18-13-4-3-12(15)9-14(13)21(19,20)16-2/h3-10,16,18H,15H2,1-2H3. The van der Waals surface area contributed by atoms with Crippen molar-refractivity contribution in [2.75, 3.05) is 18.1 Å². The van der Waals surface area contributed by atoms with Crippen molar-refractivity contribution in [3.63, 3.8) is 0 Å². The van der Waals surface area contributed by atoms with E-state index in [-0.39, 0.29) is 10.9 Å². The van der Waals surface area contributed by atoms with Crippen molar-refractivity contribution in [3.8, 4) is 0 Å². The molecule has 21 heavy (non-hydrogen) atoms. The molecule has 0 aliphatic carbocycles. The average molecular weight is 306 g/mol. The van der Waals surface area contributed by atoms with Crippen LogP contribution in [0, 0.1) is 0 Å². The quantitative estimate of drug-likeness (QED) is 0.731. The molecule has 2 rings (SSSR count). The van der Waals surface area contributed by atoms with E-state index < -0.39 is 10.0 Å². The monoisotopic (exact) mass is 306 g/mol. The molecule has 0 saturated heterocycles. The van der Waals surface area contributed by atoms with Crippen molar-refractivity contribution in [1.29, 1.82) is 0 Å². The molecule has 0 spiro atoms. The van der Waals surface area contributed by atoms with Gasteiger partial charge in [0.15, 0.2) is 0 Å². The molecular formula is C14H18N4O2S. The van der Waals surface area contributed by atoms with Gasteiger partial charge in [0.05, 0.1) is 5.69 Å². The van der Waals surface area contributed by atoms with Gasteiger partial charge in [-0.15, -0.1) is 0 Å². The Morgan fingerprint density at radius 3 is 2.48 bits per heavy atom. The molecule has 7 heteroatoms. The summed E-state index contributed by atoms with van der Waals surface area (Å²) in [6.07, 6.45) is 3.39. The van der Waals surface area contributed by atoms with Crippen LogP contribution in [0.15, 0.2) is 47.6 Å². The molecule has 0 bridgehead atoms. The third-order valence-corrected chi connectivity index (χ3v) is 4.60. The number of aromatic nitrogens is 1. The number of benzene rings is 1. The lowest BCUT2D eigenvalue weighted by molar-refractivity contribution is 0.588. The molecule has 0 fully saturated rings. The molecule has 0 saturated carbocycles. The maximum atomic E-state index is 12.1. The van der Waals surface area contributed by atoms with E-state index >= 15 is 0 Å². The Kier molecular flexibility index (Phi) is 4.44. The SMILES string of the molecule is CNS(=O)(=O)c1cc(N)ccc1NC(C)c1ccncc1. The van der Waals surface area contributed by atoms with E-state index in [0.717, 1.165) is 5.56 Å². The van der Waals surface area contributed by atoms with Crippen molar-refractivity contribution >= 4 is 21.4 Å². The maximum Gasteiger partial charge on any atom is 0.242 e. The number of anilines is 2. The van der Waals surface area contributed by atoms with Crippen LogP contribution in [-0.2, 0) is 10.0 Å². The van der Waals surface area contributed by atoms with Crippen LogP contribution in [0.3, 0.4) is 0 Å². The van der Waals surface area contributed by atoms with Gasteiger partial charge in [-0.3, -0.25) is 4.98 Å².